The molecule has 1 aliphatic rings. The van der Waals surface area contributed by atoms with Gasteiger partial charge < -0.3 is 9.80 Å². The Labute approximate surface area is 184 Å². The van der Waals surface area contributed by atoms with Crippen LogP contribution in [0.3, 0.4) is 0 Å². The third-order valence-corrected chi connectivity index (χ3v) is 6.31. The lowest BCUT2D eigenvalue weighted by atomic mass is 10.1. The zero-order valence-corrected chi connectivity index (χ0v) is 18.9. The molecule has 0 saturated carbocycles. The third kappa shape index (κ3) is 4.99. The minimum absolute atomic E-state index is 0.759. The monoisotopic (exact) mass is 422 g/mol. The van der Waals surface area contributed by atoms with E-state index < -0.39 is 0 Å². The molecule has 1 unspecified atom stereocenters. The quantitative estimate of drug-likeness (QED) is 0.592. The van der Waals surface area contributed by atoms with Gasteiger partial charge >= 0.3 is 0 Å². The Morgan fingerprint density at radius 1 is 0.933 bits per heavy atom. The minimum atomic E-state index is 0.759. The van der Waals surface area contributed by atoms with Crippen molar-refractivity contribution in [2.75, 3.05) is 25.0 Å². The zero-order valence-electron chi connectivity index (χ0n) is 18.1. The maximum absolute atomic E-state index is 5.73. The molecule has 0 radical (unpaired) electrons. The first-order valence-corrected chi connectivity index (χ1v) is 11.3. The van der Waals surface area contributed by atoms with Crippen LogP contribution < -0.4 is 9.80 Å². The summed E-state index contributed by atoms with van der Waals surface area (Å²) in [5.74, 6) is 0.961. The molecular formula is C24H32N5S+. The van der Waals surface area contributed by atoms with Crippen molar-refractivity contribution in [1.29, 1.82) is 0 Å². The van der Waals surface area contributed by atoms with Gasteiger partial charge in [-0.2, -0.15) is 9.78 Å². The molecular weight excluding hydrogens is 390 g/mol. The fraction of sp³-hybridized carbons (Fsp3) is 0.417. The van der Waals surface area contributed by atoms with E-state index >= 15 is 0 Å². The van der Waals surface area contributed by atoms with Crippen LogP contribution in [0, 0.1) is 11.7 Å². The lowest BCUT2D eigenvalue weighted by molar-refractivity contribution is -0.917. The van der Waals surface area contributed by atoms with Crippen LogP contribution in [0.15, 0.2) is 54.6 Å². The molecule has 5 nitrogen and oxygen atoms in total. The van der Waals surface area contributed by atoms with Crippen molar-refractivity contribution in [3.05, 3.63) is 76.3 Å². The van der Waals surface area contributed by atoms with Crippen molar-refractivity contribution in [3.8, 4) is 0 Å². The number of hydrogen-bond acceptors (Lipinski definition) is 3. The van der Waals surface area contributed by atoms with E-state index in [-0.39, 0.29) is 0 Å². The highest BCUT2D eigenvalue weighted by Gasteiger charge is 2.13. The normalized spacial score (nSPS) is 15.3. The number of benzene rings is 2. The van der Waals surface area contributed by atoms with Gasteiger partial charge in [-0.1, -0.05) is 42.5 Å². The van der Waals surface area contributed by atoms with Crippen molar-refractivity contribution in [3.63, 3.8) is 0 Å². The number of rotatable bonds is 7. The first-order valence-electron chi connectivity index (χ1n) is 10.9. The van der Waals surface area contributed by atoms with Gasteiger partial charge in [-0.3, -0.25) is 4.57 Å². The van der Waals surface area contributed by atoms with Crippen molar-refractivity contribution >= 4 is 17.9 Å². The summed E-state index contributed by atoms with van der Waals surface area (Å²) in [4.78, 5) is 3.87. The van der Waals surface area contributed by atoms with Crippen molar-refractivity contribution in [1.82, 2.24) is 14.3 Å². The van der Waals surface area contributed by atoms with E-state index in [0.717, 1.165) is 30.4 Å². The van der Waals surface area contributed by atoms with Crippen LogP contribution in [0.2, 0.25) is 0 Å². The molecule has 1 aliphatic heterocycles. The van der Waals surface area contributed by atoms with Gasteiger partial charge in [-0.25, -0.2) is 0 Å². The molecule has 2 aromatic carbocycles. The van der Waals surface area contributed by atoms with Gasteiger partial charge in [0.1, 0.15) is 12.4 Å². The highest BCUT2D eigenvalue weighted by molar-refractivity contribution is 7.71. The van der Waals surface area contributed by atoms with Crippen molar-refractivity contribution in [2.45, 2.75) is 45.9 Å². The number of aromatic nitrogens is 3. The second kappa shape index (κ2) is 9.58. The first-order chi connectivity index (χ1) is 14.6. The summed E-state index contributed by atoms with van der Waals surface area (Å²) in [6.45, 7) is 6.88. The molecule has 2 heterocycles. The summed E-state index contributed by atoms with van der Waals surface area (Å²) in [5, 5.41) is 4.71. The second-order valence-corrected chi connectivity index (χ2v) is 8.77. The molecule has 1 N–H and O–H groups in total. The molecule has 6 heteroatoms. The van der Waals surface area contributed by atoms with E-state index in [1.165, 1.54) is 54.1 Å². The highest BCUT2D eigenvalue weighted by atomic mass is 32.1. The summed E-state index contributed by atoms with van der Waals surface area (Å²) in [7, 11) is 2.20. The highest BCUT2D eigenvalue weighted by Crippen LogP contribution is 2.20. The van der Waals surface area contributed by atoms with Crippen molar-refractivity contribution in [2.24, 2.45) is 0 Å². The van der Waals surface area contributed by atoms with Crippen LogP contribution >= 0.6 is 12.2 Å². The van der Waals surface area contributed by atoms with Crippen LogP contribution in [-0.4, -0.2) is 34.5 Å². The average molecular weight is 423 g/mol. The smallest absolute Gasteiger partial charge is 0.203 e. The van der Waals surface area contributed by atoms with Gasteiger partial charge in [0.25, 0.3) is 0 Å². The molecule has 158 valence electrons. The minimum Gasteiger partial charge on any atom is -0.372 e. The van der Waals surface area contributed by atoms with E-state index in [2.05, 4.69) is 65.0 Å². The second-order valence-electron chi connectivity index (χ2n) is 8.41. The summed E-state index contributed by atoms with van der Waals surface area (Å²) < 4.78 is 4.87. The number of anilines is 1. The van der Waals surface area contributed by atoms with Gasteiger partial charge in [0.15, 0.2) is 6.67 Å². The molecule has 4 rings (SSSR count). The summed E-state index contributed by atoms with van der Waals surface area (Å²) in [6, 6.07) is 19.5. The van der Waals surface area contributed by atoms with Gasteiger partial charge in [0.05, 0.1) is 13.6 Å². The number of quaternary nitrogens is 1. The molecule has 0 spiro atoms. The van der Waals surface area contributed by atoms with Crippen LogP contribution in [0.25, 0.3) is 0 Å². The number of piperidine rings is 1. The SMILES string of the molecule is Cc1nn(C[NH+](C)Cc2ccc(N3CCCCC3)cc2)c(=S)n1Cc1ccccc1. The largest absolute Gasteiger partial charge is 0.372 e. The Hall–Kier alpha value is -2.44. The maximum atomic E-state index is 5.73. The van der Waals surface area contributed by atoms with Crippen LogP contribution in [0.4, 0.5) is 5.69 Å². The number of aryl methyl sites for hydroxylation is 1. The molecule has 1 saturated heterocycles. The fourth-order valence-corrected chi connectivity index (χ4v) is 4.54. The van der Waals surface area contributed by atoms with E-state index in [1.54, 1.807) is 0 Å². The zero-order chi connectivity index (χ0) is 20.9. The Kier molecular flexibility index (Phi) is 6.65. The maximum Gasteiger partial charge on any atom is 0.203 e. The van der Waals surface area contributed by atoms with E-state index in [4.69, 9.17) is 17.3 Å². The molecule has 1 aromatic heterocycles. The van der Waals surface area contributed by atoms with E-state index in [1.807, 2.05) is 17.7 Å². The van der Waals surface area contributed by atoms with Gasteiger partial charge in [0, 0.05) is 24.3 Å². The number of nitrogens with one attached hydrogen (secondary N) is 1. The predicted octanol–water partition coefficient (Wildman–Crippen LogP) is 3.43. The molecule has 30 heavy (non-hydrogen) atoms. The summed E-state index contributed by atoms with van der Waals surface area (Å²) in [6.07, 6.45) is 3.99. The fourth-order valence-electron chi connectivity index (χ4n) is 4.24. The van der Waals surface area contributed by atoms with Gasteiger partial charge in [0.2, 0.25) is 4.77 Å². The topological polar surface area (TPSA) is 30.4 Å². The first kappa shape index (κ1) is 20.8. The molecule has 0 bridgehead atoms. The molecule has 3 aromatic rings. The Balaban J connectivity index is 1.38. The average Bonchev–Trinajstić information content (AvgIpc) is 3.03. The number of hydrogen-bond donors (Lipinski definition) is 1. The molecule has 0 amide bonds. The molecule has 0 aliphatic carbocycles. The Morgan fingerprint density at radius 2 is 1.63 bits per heavy atom. The van der Waals surface area contributed by atoms with E-state index in [0.29, 0.717) is 0 Å². The summed E-state index contributed by atoms with van der Waals surface area (Å²) >= 11 is 5.73. The lowest BCUT2D eigenvalue weighted by Crippen LogP contribution is -3.07. The standard InChI is InChI=1S/C24H31N5S/c1-20-25-29(24(30)28(20)18-21-9-5-3-6-10-21)19-26(2)17-22-11-13-23(14-12-22)27-15-7-4-8-16-27/h3,5-6,9-14H,4,7-8,15-19H2,1-2H3/p+1. The van der Waals surface area contributed by atoms with Crippen LogP contribution in [0.1, 0.15) is 36.2 Å². The van der Waals surface area contributed by atoms with Gasteiger partial charge in [-0.05, 0) is 56.1 Å². The van der Waals surface area contributed by atoms with E-state index in [9.17, 15) is 0 Å². The van der Waals surface area contributed by atoms with Crippen LogP contribution in [0.5, 0.6) is 0 Å². The molecule has 1 fully saturated rings. The molecule has 1 atom stereocenters. The third-order valence-electron chi connectivity index (χ3n) is 5.87. The van der Waals surface area contributed by atoms with Crippen LogP contribution in [-0.2, 0) is 19.8 Å². The number of nitrogens with zero attached hydrogens (tertiary/aromatic N) is 4. The van der Waals surface area contributed by atoms with Gasteiger partial charge in [-0.15, -0.1) is 0 Å². The van der Waals surface area contributed by atoms with Crippen molar-refractivity contribution < 1.29 is 4.90 Å². The predicted molar refractivity (Wildman–Crippen MR) is 124 cm³/mol. The Morgan fingerprint density at radius 3 is 2.33 bits per heavy atom. The lowest BCUT2D eigenvalue weighted by Gasteiger charge is -2.28. The summed E-state index contributed by atoms with van der Waals surface area (Å²) in [5.41, 5.74) is 3.94. The Bertz CT molecular complexity index is 1000.